The second-order valence-electron chi connectivity index (χ2n) is 8.24. The number of halogens is 2. The first-order chi connectivity index (χ1) is 16.9. The van der Waals surface area contributed by atoms with E-state index in [1.165, 1.54) is 17.1 Å². The Balaban J connectivity index is 1.28. The lowest BCUT2D eigenvalue weighted by Crippen LogP contribution is -2.52. The van der Waals surface area contributed by atoms with E-state index in [2.05, 4.69) is 10.00 Å². The van der Waals surface area contributed by atoms with E-state index < -0.39 is 17.3 Å². The quantitative estimate of drug-likeness (QED) is 0.351. The molecule has 0 bridgehead atoms. The molecule has 182 valence electrons. The molecule has 2 aromatic carbocycles. The van der Waals surface area contributed by atoms with Crippen molar-refractivity contribution in [2.45, 2.75) is 26.5 Å². The Labute approximate surface area is 204 Å². The van der Waals surface area contributed by atoms with Gasteiger partial charge in [0, 0.05) is 36.2 Å². The molecule has 0 atom stereocenters. The van der Waals surface area contributed by atoms with E-state index in [4.69, 9.17) is 9.47 Å². The summed E-state index contributed by atoms with van der Waals surface area (Å²) in [6.07, 6.45) is 1.55. The van der Waals surface area contributed by atoms with Gasteiger partial charge in [-0.15, -0.1) is 11.3 Å². The average molecular weight is 499 g/mol. The molecular weight excluding hydrogens is 474 g/mol. The minimum absolute atomic E-state index is 0.185. The predicted octanol–water partition coefficient (Wildman–Crippen LogP) is 4.75. The topological polar surface area (TPSA) is 61.5 Å². The molecule has 3 heterocycles. The van der Waals surface area contributed by atoms with Gasteiger partial charge < -0.3 is 14.4 Å². The second kappa shape index (κ2) is 9.63. The summed E-state index contributed by atoms with van der Waals surface area (Å²) in [6.45, 7) is 6.26. The second-order valence-corrected chi connectivity index (χ2v) is 9.47. The van der Waals surface area contributed by atoms with Crippen LogP contribution in [0, 0.1) is 18.6 Å². The third-order valence-electron chi connectivity index (χ3n) is 5.85. The first-order valence-corrected chi connectivity index (χ1v) is 12.1. The van der Waals surface area contributed by atoms with Gasteiger partial charge in [-0.3, -0.25) is 4.57 Å². The van der Waals surface area contributed by atoms with E-state index in [1.807, 2.05) is 19.9 Å². The van der Waals surface area contributed by atoms with Crippen LogP contribution in [0.4, 0.5) is 13.8 Å². The van der Waals surface area contributed by atoms with Crippen molar-refractivity contribution < 1.29 is 18.3 Å². The molecule has 0 amide bonds. The first-order valence-electron chi connectivity index (χ1n) is 11.3. The monoisotopic (exact) mass is 498 g/mol. The molecule has 0 radical (unpaired) electrons. The highest BCUT2D eigenvalue weighted by Crippen LogP contribution is 2.39. The van der Waals surface area contributed by atoms with Gasteiger partial charge in [-0.1, -0.05) is 6.07 Å². The number of ether oxygens (including phenoxy) is 2. The zero-order chi connectivity index (χ0) is 24.5. The van der Waals surface area contributed by atoms with E-state index in [0.29, 0.717) is 11.4 Å². The molecule has 2 aromatic heterocycles. The molecule has 5 rings (SSSR count). The summed E-state index contributed by atoms with van der Waals surface area (Å²) >= 11 is 1.68. The first kappa shape index (κ1) is 23.3. The van der Waals surface area contributed by atoms with Crippen LogP contribution >= 0.6 is 11.3 Å². The van der Waals surface area contributed by atoms with Crippen molar-refractivity contribution >= 4 is 16.3 Å². The molecule has 7 nitrogen and oxygen atoms in total. The Morgan fingerprint density at radius 2 is 1.83 bits per heavy atom. The number of hydrogen-bond donors (Lipinski definition) is 0. The highest BCUT2D eigenvalue weighted by Gasteiger charge is 2.29. The lowest BCUT2D eigenvalue weighted by atomic mass is 10.2. The average Bonchev–Trinajstić information content (AvgIpc) is 3.35. The van der Waals surface area contributed by atoms with Gasteiger partial charge in [-0.05, 0) is 50.2 Å². The lowest BCUT2D eigenvalue weighted by Gasteiger charge is -2.39. The van der Waals surface area contributed by atoms with Crippen LogP contribution in [0.3, 0.4) is 0 Å². The molecule has 1 aliphatic heterocycles. The fraction of sp³-hybridized carbons (Fsp3) is 0.280. The molecule has 4 aromatic rings. The van der Waals surface area contributed by atoms with Gasteiger partial charge >= 0.3 is 5.69 Å². The number of thiophene rings is 1. The summed E-state index contributed by atoms with van der Waals surface area (Å²) < 4.78 is 42.0. The standard InChI is InChI=1S/C25H24F2N4O3S/c1-3-33-19-12-29(13-19)24-11-23(16(2)35-24)34-18-9-7-17(8-10-18)31-25(32)30(15-28-31)14-20-21(26)5-4-6-22(20)27/h4-11,15,19H,3,12-14H2,1-2H3. The number of nitrogens with zero attached hydrogens (tertiary/aromatic N) is 4. The van der Waals surface area contributed by atoms with Crippen molar-refractivity contribution in [2.24, 2.45) is 0 Å². The van der Waals surface area contributed by atoms with Crippen LogP contribution in [0.25, 0.3) is 5.69 Å². The van der Waals surface area contributed by atoms with E-state index in [9.17, 15) is 13.6 Å². The summed E-state index contributed by atoms with van der Waals surface area (Å²) in [5, 5.41) is 5.24. The van der Waals surface area contributed by atoms with Crippen molar-refractivity contribution in [1.29, 1.82) is 0 Å². The molecule has 0 aliphatic carbocycles. The molecule has 1 aliphatic rings. The fourth-order valence-corrected chi connectivity index (χ4v) is 4.88. The minimum Gasteiger partial charge on any atom is -0.456 e. The summed E-state index contributed by atoms with van der Waals surface area (Å²) in [6, 6.07) is 12.6. The molecule has 35 heavy (non-hydrogen) atoms. The van der Waals surface area contributed by atoms with Crippen molar-refractivity contribution in [1.82, 2.24) is 14.3 Å². The number of hydrogen-bond acceptors (Lipinski definition) is 6. The van der Waals surface area contributed by atoms with Crippen LogP contribution in [-0.4, -0.2) is 40.1 Å². The van der Waals surface area contributed by atoms with Crippen LogP contribution in [0.5, 0.6) is 11.5 Å². The maximum Gasteiger partial charge on any atom is 0.350 e. The van der Waals surface area contributed by atoms with E-state index in [0.717, 1.165) is 52.0 Å². The number of benzene rings is 2. The van der Waals surface area contributed by atoms with Crippen LogP contribution in [0.1, 0.15) is 17.4 Å². The van der Waals surface area contributed by atoms with Crippen molar-refractivity contribution in [2.75, 3.05) is 24.6 Å². The van der Waals surface area contributed by atoms with Gasteiger partial charge in [0.2, 0.25) is 0 Å². The number of aryl methyl sites for hydroxylation is 1. The fourth-order valence-electron chi connectivity index (χ4n) is 3.92. The molecule has 0 saturated carbocycles. The maximum atomic E-state index is 14.0. The van der Waals surface area contributed by atoms with Gasteiger partial charge in [-0.25, -0.2) is 13.6 Å². The normalized spacial score (nSPS) is 13.8. The lowest BCUT2D eigenvalue weighted by molar-refractivity contribution is 0.0434. The summed E-state index contributed by atoms with van der Waals surface area (Å²) in [5.41, 5.74) is -0.171. The van der Waals surface area contributed by atoms with E-state index >= 15 is 0 Å². The molecule has 0 spiro atoms. The largest absolute Gasteiger partial charge is 0.456 e. The van der Waals surface area contributed by atoms with Crippen LogP contribution in [0.2, 0.25) is 0 Å². The molecule has 0 unspecified atom stereocenters. The Bertz CT molecular complexity index is 1370. The maximum absolute atomic E-state index is 14.0. The van der Waals surface area contributed by atoms with Crippen LogP contribution in [0.15, 0.2) is 59.7 Å². The Kier molecular flexibility index (Phi) is 6.40. The van der Waals surface area contributed by atoms with Gasteiger partial charge in [0.25, 0.3) is 0 Å². The number of aromatic nitrogens is 3. The molecule has 0 N–H and O–H groups in total. The number of rotatable bonds is 8. The Hall–Kier alpha value is -3.50. The predicted molar refractivity (Wildman–Crippen MR) is 130 cm³/mol. The Morgan fingerprint density at radius 3 is 2.51 bits per heavy atom. The van der Waals surface area contributed by atoms with Gasteiger partial charge in [0.1, 0.15) is 29.5 Å². The van der Waals surface area contributed by atoms with Gasteiger partial charge in [-0.2, -0.15) is 9.78 Å². The Morgan fingerprint density at radius 1 is 1.11 bits per heavy atom. The SMILES string of the molecule is CCOC1CN(c2cc(Oc3ccc(-n4ncn(Cc5c(F)cccc5F)c4=O)cc3)c(C)s2)C1. The zero-order valence-corrected chi connectivity index (χ0v) is 20.1. The zero-order valence-electron chi connectivity index (χ0n) is 19.3. The highest BCUT2D eigenvalue weighted by atomic mass is 32.1. The van der Waals surface area contributed by atoms with Crippen LogP contribution in [-0.2, 0) is 11.3 Å². The molecule has 1 saturated heterocycles. The summed E-state index contributed by atoms with van der Waals surface area (Å²) in [5.74, 6) is -0.00798. The smallest absolute Gasteiger partial charge is 0.350 e. The summed E-state index contributed by atoms with van der Waals surface area (Å²) in [4.78, 5) is 16.1. The van der Waals surface area contributed by atoms with Gasteiger partial charge in [0.05, 0.1) is 23.3 Å². The summed E-state index contributed by atoms with van der Waals surface area (Å²) in [7, 11) is 0. The van der Waals surface area contributed by atoms with Crippen molar-refractivity contribution in [3.63, 3.8) is 0 Å². The highest BCUT2D eigenvalue weighted by molar-refractivity contribution is 7.16. The molecule has 10 heteroatoms. The van der Waals surface area contributed by atoms with Crippen LogP contribution < -0.4 is 15.3 Å². The van der Waals surface area contributed by atoms with Crippen molar-refractivity contribution in [3.05, 3.63) is 87.4 Å². The van der Waals surface area contributed by atoms with Crippen molar-refractivity contribution in [3.8, 4) is 17.2 Å². The third kappa shape index (κ3) is 4.71. The molecular formula is C25H24F2N4O3S. The van der Waals surface area contributed by atoms with E-state index in [-0.39, 0.29) is 18.2 Å². The van der Waals surface area contributed by atoms with Gasteiger partial charge in [0.15, 0.2) is 0 Å². The minimum atomic E-state index is -0.707. The molecule has 1 fully saturated rings. The number of anilines is 1. The third-order valence-corrected chi connectivity index (χ3v) is 6.95. The van der Waals surface area contributed by atoms with E-state index in [1.54, 1.807) is 35.6 Å².